The zero-order valence-corrected chi connectivity index (χ0v) is 32.6. The molecular weight excluding hydrogens is 736 g/mol. The van der Waals surface area contributed by atoms with Gasteiger partial charge in [0, 0.05) is 24.2 Å². The standard InChI is InChI=1S/C41H45ClN8O6/c1-22-15-33(49(20-22)34(51)19-44-40(53)55-4)38-47-35(36(42)48-38)26-8-6-25(7-9-26)27-10-11-29-17-30(13-12-28(29)16-27)31-18-43-37(46-31)32-14-23(2)21-50(32)39(52)24(3)45-41(54)56-5/h6-13,16-18,22-24,32-33H,14-15,19-21H2,1-5H3,(H,43,46)(H,44,53)(H,45,54)(H,47,48)/t22-,23-,24-,32-,33-/m0/s1. The van der Waals surface area contributed by atoms with Gasteiger partial charge in [-0.3, -0.25) is 9.59 Å². The molecule has 4 N–H and O–H groups in total. The summed E-state index contributed by atoms with van der Waals surface area (Å²) in [4.78, 5) is 69.2. The number of carbonyl (C=O) groups excluding carboxylic acids is 4. The molecule has 4 heterocycles. The Balaban J connectivity index is 1.04. The SMILES string of the molecule is COC(=O)NCC(=O)N1C[C@@H](C)C[C@H]1c1nc(-c2ccc(-c3ccc4cc(-c5cnc([C@@H]6C[C@H](C)CN6C(=O)[C@H](C)NC(=O)OC)[nH]5)ccc4c3)cc2)c(Cl)[nH]1. The van der Waals surface area contributed by atoms with E-state index in [2.05, 4.69) is 85.3 Å². The van der Waals surface area contributed by atoms with Gasteiger partial charge in [0.15, 0.2) is 0 Å². The topological polar surface area (TPSA) is 175 Å². The van der Waals surface area contributed by atoms with Gasteiger partial charge in [-0.15, -0.1) is 0 Å². The molecule has 56 heavy (non-hydrogen) atoms. The number of rotatable bonds is 9. The number of amides is 4. The molecule has 2 aromatic heterocycles. The molecule has 5 atom stereocenters. The summed E-state index contributed by atoms with van der Waals surface area (Å²) in [5.74, 6) is 1.46. The van der Waals surface area contributed by atoms with Gasteiger partial charge in [-0.2, -0.15) is 0 Å². The number of nitrogens with zero attached hydrogens (tertiary/aromatic N) is 4. The Labute approximate surface area is 329 Å². The molecule has 0 spiro atoms. The molecule has 0 unspecified atom stereocenters. The van der Waals surface area contributed by atoms with Gasteiger partial charge < -0.3 is 39.9 Å². The molecule has 2 saturated heterocycles. The summed E-state index contributed by atoms with van der Waals surface area (Å²) in [6.45, 7) is 6.80. The van der Waals surface area contributed by atoms with Crippen LogP contribution in [0.15, 0.2) is 66.9 Å². The third kappa shape index (κ3) is 7.92. The Morgan fingerprint density at radius 3 is 2.07 bits per heavy atom. The summed E-state index contributed by atoms with van der Waals surface area (Å²) in [6, 6.07) is 19.4. The van der Waals surface area contributed by atoms with Gasteiger partial charge in [0.2, 0.25) is 11.8 Å². The van der Waals surface area contributed by atoms with Gasteiger partial charge in [0.1, 0.15) is 35.1 Å². The lowest BCUT2D eigenvalue weighted by atomic mass is 9.98. The Bertz CT molecular complexity index is 2270. The lowest BCUT2D eigenvalue weighted by molar-refractivity contribution is -0.134. The van der Waals surface area contributed by atoms with Crippen LogP contribution in [0.2, 0.25) is 5.15 Å². The molecule has 5 aromatic rings. The molecule has 14 nitrogen and oxygen atoms in total. The summed E-state index contributed by atoms with van der Waals surface area (Å²) in [7, 11) is 2.53. The number of aromatic amines is 2. The molecule has 2 aliphatic rings. The maximum absolute atomic E-state index is 13.3. The van der Waals surface area contributed by atoms with Gasteiger partial charge >= 0.3 is 12.2 Å². The third-order valence-electron chi connectivity index (χ3n) is 10.6. The van der Waals surface area contributed by atoms with Crippen LogP contribution in [0.4, 0.5) is 9.59 Å². The monoisotopic (exact) mass is 780 g/mol. The van der Waals surface area contributed by atoms with Crippen molar-refractivity contribution in [2.24, 2.45) is 11.8 Å². The van der Waals surface area contributed by atoms with E-state index in [-0.39, 0.29) is 42.3 Å². The fourth-order valence-corrected chi connectivity index (χ4v) is 8.03. The van der Waals surface area contributed by atoms with Crippen LogP contribution in [-0.4, -0.2) is 93.6 Å². The van der Waals surface area contributed by atoms with Gasteiger partial charge in [0.05, 0.1) is 38.2 Å². The number of halogens is 1. The quantitative estimate of drug-likeness (QED) is 0.126. The van der Waals surface area contributed by atoms with Crippen LogP contribution in [0, 0.1) is 11.8 Å². The predicted molar refractivity (Wildman–Crippen MR) is 211 cm³/mol. The van der Waals surface area contributed by atoms with Crippen LogP contribution in [0.5, 0.6) is 0 Å². The average Bonchev–Trinajstić information content (AvgIpc) is 4.02. The number of nitrogens with one attached hydrogen (secondary N) is 4. The second kappa shape index (κ2) is 16.1. The van der Waals surface area contributed by atoms with Crippen LogP contribution in [-0.2, 0) is 19.1 Å². The number of methoxy groups -OCH3 is 2. The van der Waals surface area contributed by atoms with E-state index in [1.54, 1.807) is 22.9 Å². The maximum Gasteiger partial charge on any atom is 0.407 e. The number of H-pyrrole nitrogens is 2. The van der Waals surface area contributed by atoms with Crippen molar-refractivity contribution < 1.29 is 28.7 Å². The molecule has 0 aliphatic carbocycles. The number of hydrogen-bond acceptors (Lipinski definition) is 8. The molecule has 2 fully saturated rings. The molecule has 4 amide bonds. The van der Waals surface area contributed by atoms with E-state index >= 15 is 0 Å². The van der Waals surface area contributed by atoms with Gasteiger partial charge in [-0.25, -0.2) is 19.6 Å². The van der Waals surface area contributed by atoms with Crippen molar-refractivity contribution in [3.05, 3.63) is 83.7 Å². The lowest BCUT2D eigenvalue weighted by Crippen LogP contribution is -2.46. The van der Waals surface area contributed by atoms with Crippen molar-refractivity contribution in [2.75, 3.05) is 33.9 Å². The van der Waals surface area contributed by atoms with E-state index < -0.39 is 18.2 Å². The Kier molecular flexibility index (Phi) is 11.0. The number of alkyl carbamates (subject to hydrolysis) is 2. The number of carbonyl (C=O) groups is 4. The van der Waals surface area contributed by atoms with Gasteiger partial charge in [0.25, 0.3) is 0 Å². The largest absolute Gasteiger partial charge is 0.453 e. The van der Waals surface area contributed by atoms with Crippen molar-refractivity contribution in [3.8, 4) is 33.6 Å². The summed E-state index contributed by atoms with van der Waals surface area (Å²) < 4.78 is 9.27. The second-order valence-electron chi connectivity index (χ2n) is 14.8. The number of hydrogen-bond donors (Lipinski definition) is 4. The van der Waals surface area contributed by atoms with E-state index in [0.29, 0.717) is 35.6 Å². The molecule has 3 aromatic carbocycles. The highest BCUT2D eigenvalue weighted by Crippen LogP contribution is 2.38. The Morgan fingerprint density at radius 1 is 0.804 bits per heavy atom. The highest BCUT2D eigenvalue weighted by atomic mass is 35.5. The number of aromatic nitrogens is 4. The molecular formula is C41H45ClN8O6. The number of benzene rings is 3. The first-order valence-electron chi connectivity index (χ1n) is 18.6. The summed E-state index contributed by atoms with van der Waals surface area (Å²) in [5, 5.41) is 7.58. The molecule has 15 heteroatoms. The summed E-state index contributed by atoms with van der Waals surface area (Å²) >= 11 is 6.68. The van der Waals surface area contributed by atoms with E-state index in [0.717, 1.165) is 51.6 Å². The van der Waals surface area contributed by atoms with Crippen molar-refractivity contribution in [2.45, 2.75) is 51.7 Å². The maximum atomic E-state index is 13.3. The number of fused-ring (bicyclic) bond motifs is 1. The van der Waals surface area contributed by atoms with E-state index in [9.17, 15) is 19.2 Å². The minimum atomic E-state index is -0.724. The molecule has 0 bridgehead atoms. The normalized spacial score (nSPS) is 19.9. The van der Waals surface area contributed by atoms with Crippen LogP contribution < -0.4 is 10.6 Å². The molecule has 0 radical (unpaired) electrons. The summed E-state index contributed by atoms with van der Waals surface area (Å²) in [6.07, 6.45) is 1.99. The minimum absolute atomic E-state index is 0.164. The van der Waals surface area contributed by atoms with Crippen LogP contribution >= 0.6 is 11.6 Å². The first-order chi connectivity index (χ1) is 26.9. The van der Waals surface area contributed by atoms with Crippen molar-refractivity contribution in [1.29, 1.82) is 0 Å². The third-order valence-corrected chi connectivity index (χ3v) is 10.9. The Morgan fingerprint density at radius 2 is 1.39 bits per heavy atom. The van der Waals surface area contributed by atoms with Crippen LogP contribution in [0.3, 0.4) is 0 Å². The fraction of sp³-hybridized carbons (Fsp3) is 0.366. The van der Waals surface area contributed by atoms with Crippen molar-refractivity contribution in [1.82, 2.24) is 40.4 Å². The first kappa shape index (κ1) is 38.4. The van der Waals surface area contributed by atoms with Crippen LogP contribution in [0.1, 0.15) is 57.3 Å². The van der Waals surface area contributed by atoms with Crippen molar-refractivity contribution >= 4 is 46.4 Å². The van der Waals surface area contributed by atoms with E-state index in [1.165, 1.54) is 14.2 Å². The lowest BCUT2D eigenvalue weighted by Gasteiger charge is -2.26. The highest BCUT2D eigenvalue weighted by Gasteiger charge is 2.39. The zero-order valence-electron chi connectivity index (χ0n) is 31.9. The second-order valence-corrected chi connectivity index (χ2v) is 15.2. The highest BCUT2D eigenvalue weighted by molar-refractivity contribution is 6.32. The van der Waals surface area contributed by atoms with E-state index in [4.69, 9.17) is 16.6 Å². The van der Waals surface area contributed by atoms with Crippen molar-refractivity contribution in [3.63, 3.8) is 0 Å². The average molecular weight is 781 g/mol. The first-order valence-corrected chi connectivity index (χ1v) is 19.0. The minimum Gasteiger partial charge on any atom is -0.453 e. The van der Waals surface area contributed by atoms with Gasteiger partial charge in [-0.05, 0) is 65.6 Å². The number of likely N-dealkylation sites (tertiary alicyclic amines) is 2. The Hall–Kier alpha value is -5.89. The molecule has 2 aliphatic heterocycles. The predicted octanol–water partition coefficient (Wildman–Crippen LogP) is 6.86. The van der Waals surface area contributed by atoms with Crippen LogP contribution in [0.25, 0.3) is 44.4 Å². The fourth-order valence-electron chi connectivity index (χ4n) is 7.78. The van der Waals surface area contributed by atoms with Gasteiger partial charge in [-0.1, -0.05) is 74.0 Å². The number of ether oxygens (including phenoxy) is 2. The zero-order chi connectivity index (χ0) is 39.7. The molecule has 292 valence electrons. The number of imidazole rings is 2. The molecule has 7 rings (SSSR count). The summed E-state index contributed by atoms with van der Waals surface area (Å²) in [5.41, 5.74) is 5.37. The van der Waals surface area contributed by atoms with E-state index in [1.807, 2.05) is 24.3 Å². The smallest absolute Gasteiger partial charge is 0.407 e. The molecule has 0 saturated carbocycles.